The number of oxazole rings is 1. The van der Waals surface area contributed by atoms with Gasteiger partial charge in [0, 0.05) is 24.9 Å². The van der Waals surface area contributed by atoms with Crippen molar-refractivity contribution < 1.29 is 31.9 Å². The van der Waals surface area contributed by atoms with Gasteiger partial charge in [0.1, 0.15) is 5.82 Å². The van der Waals surface area contributed by atoms with E-state index in [1.54, 1.807) is 18.2 Å². The predicted molar refractivity (Wildman–Crippen MR) is 107 cm³/mol. The molecule has 0 saturated heterocycles. The molecule has 6 nitrogen and oxygen atoms in total. The highest BCUT2D eigenvalue weighted by atomic mass is 19.3. The van der Waals surface area contributed by atoms with E-state index in [1.807, 2.05) is 0 Å². The van der Waals surface area contributed by atoms with Crippen LogP contribution in [-0.2, 0) is 17.6 Å². The number of carbonyl (C=O) groups is 1. The minimum atomic E-state index is -2.96. The first-order chi connectivity index (χ1) is 14.9. The molecule has 3 rings (SSSR count). The third-order valence-electron chi connectivity index (χ3n) is 4.43. The van der Waals surface area contributed by atoms with Crippen molar-refractivity contribution in [3.05, 3.63) is 65.9 Å². The van der Waals surface area contributed by atoms with Crippen LogP contribution in [0.2, 0.25) is 0 Å². The van der Waals surface area contributed by atoms with Crippen LogP contribution in [0.4, 0.5) is 13.2 Å². The first-order valence-electron chi connectivity index (χ1n) is 9.53. The van der Waals surface area contributed by atoms with E-state index in [0.29, 0.717) is 42.2 Å². The van der Waals surface area contributed by atoms with Gasteiger partial charge in [0.2, 0.25) is 5.91 Å². The molecule has 0 bridgehead atoms. The topological polar surface area (TPSA) is 73.6 Å². The van der Waals surface area contributed by atoms with Crippen LogP contribution < -0.4 is 14.8 Å². The Balaban J connectivity index is 1.45. The Kier molecular flexibility index (Phi) is 7.53. The Morgan fingerprint density at radius 2 is 1.90 bits per heavy atom. The molecule has 2 aromatic carbocycles. The molecular weight excluding hydrogens is 413 g/mol. The number of nitrogens with zero attached hydrogens (tertiary/aromatic N) is 1. The van der Waals surface area contributed by atoms with E-state index in [1.165, 1.54) is 37.6 Å². The second kappa shape index (κ2) is 10.5. The fraction of sp³-hybridized carbons (Fsp3) is 0.273. The number of alkyl halides is 2. The molecular formula is C22H21F3N2O4. The van der Waals surface area contributed by atoms with Crippen molar-refractivity contribution in [2.75, 3.05) is 13.7 Å². The summed E-state index contributed by atoms with van der Waals surface area (Å²) in [7, 11) is 1.37. The van der Waals surface area contributed by atoms with Crippen molar-refractivity contribution in [2.24, 2.45) is 0 Å². The number of nitrogens with one attached hydrogen (secondary N) is 1. The zero-order valence-electron chi connectivity index (χ0n) is 16.7. The first-order valence-corrected chi connectivity index (χ1v) is 9.53. The number of benzene rings is 2. The number of halogens is 3. The molecule has 1 aromatic heterocycles. The number of hydrogen-bond donors (Lipinski definition) is 1. The molecule has 0 fully saturated rings. The Labute approximate surface area is 177 Å². The zero-order chi connectivity index (χ0) is 22.2. The summed E-state index contributed by atoms with van der Waals surface area (Å²) in [6, 6.07) is 10.5. The van der Waals surface area contributed by atoms with Crippen LogP contribution in [-0.4, -0.2) is 31.2 Å². The van der Waals surface area contributed by atoms with E-state index in [9.17, 15) is 18.0 Å². The number of hydrogen-bond acceptors (Lipinski definition) is 5. The van der Waals surface area contributed by atoms with Gasteiger partial charge in [-0.05, 0) is 48.4 Å². The molecule has 0 saturated carbocycles. The molecule has 1 amide bonds. The average molecular weight is 434 g/mol. The van der Waals surface area contributed by atoms with Crippen molar-refractivity contribution >= 4 is 5.91 Å². The van der Waals surface area contributed by atoms with Gasteiger partial charge in [-0.3, -0.25) is 4.79 Å². The summed E-state index contributed by atoms with van der Waals surface area (Å²) in [5.74, 6) is 0.517. The van der Waals surface area contributed by atoms with E-state index < -0.39 is 6.61 Å². The van der Waals surface area contributed by atoms with Crippen molar-refractivity contribution in [1.82, 2.24) is 10.3 Å². The summed E-state index contributed by atoms with van der Waals surface area (Å²) < 4.78 is 53.0. The Morgan fingerprint density at radius 3 is 2.61 bits per heavy atom. The second-order valence-electron chi connectivity index (χ2n) is 6.59. The van der Waals surface area contributed by atoms with E-state index in [2.05, 4.69) is 15.0 Å². The number of ether oxygens (including phenoxy) is 2. The molecule has 0 spiro atoms. The lowest BCUT2D eigenvalue weighted by molar-refractivity contribution is -0.121. The van der Waals surface area contributed by atoms with Crippen LogP contribution in [0.5, 0.6) is 11.5 Å². The number of amides is 1. The minimum absolute atomic E-state index is 0.0535. The Bertz CT molecular complexity index is 1010. The second-order valence-corrected chi connectivity index (χ2v) is 6.59. The highest BCUT2D eigenvalue weighted by Gasteiger charge is 2.12. The monoisotopic (exact) mass is 434 g/mol. The summed E-state index contributed by atoms with van der Waals surface area (Å²) in [6.45, 7) is -2.63. The standard InChI is InChI=1S/C22H21F3N2O4/c1-29-17-7-2-14(12-18(17)31-22(24)25)10-11-26-20(28)8-9-21-27-13-19(30-21)15-3-5-16(23)6-4-15/h2-7,12-13,22H,8-11H2,1H3,(H,26,28). The molecule has 3 aromatic rings. The van der Waals surface area contributed by atoms with Gasteiger partial charge in [0.25, 0.3) is 0 Å². The molecule has 0 aliphatic rings. The summed E-state index contributed by atoms with van der Waals surface area (Å²) in [4.78, 5) is 16.2. The molecule has 31 heavy (non-hydrogen) atoms. The molecule has 0 radical (unpaired) electrons. The van der Waals surface area contributed by atoms with Crippen molar-refractivity contribution in [1.29, 1.82) is 0 Å². The molecule has 0 aliphatic carbocycles. The third kappa shape index (κ3) is 6.50. The summed E-state index contributed by atoms with van der Waals surface area (Å²) in [5.41, 5.74) is 1.41. The van der Waals surface area contributed by atoms with Crippen LogP contribution >= 0.6 is 0 Å². The van der Waals surface area contributed by atoms with Crippen LogP contribution in [0.25, 0.3) is 11.3 Å². The molecule has 0 atom stereocenters. The normalized spacial score (nSPS) is 10.9. The maximum atomic E-state index is 13.0. The van der Waals surface area contributed by atoms with Gasteiger partial charge >= 0.3 is 6.61 Å². The van der Waals surface area contributed by atoms with Gasteiger partial charge in [0.05, 0.1) is 13.3 Å². The van der Waals surface area contributed by atoms with Crippen LogP contribution in [0, 0.1) is 5.82 Å². The third-order valence-corrected chi connectivity index (χ3v) is 4.43. The number of aryl methyl sites for hydroxylation is 1. The van der Waals surface area contributed by atoms with Gasteiger partial charge in [-0.25, -0.2) is 9.37 Å². The van der Waals surface area contributed by atoms with E-state index >= 15 is 0 Å². The van der Waals surface area contributed by atoms with Crippen LogP contribution in [0.3, 0.4) is 0 Å². The fourth-order valence-corrected chi connectivity index (χ4v) is 2.89. The molecule has 0 unspecified atom stereocenters. The largest absolute Gasteiger partial charge is 0.493 e. The minimum Gasteiger partial charge on any atom is -0.493 e. The highest BCUT2D eigenvalue weighted by Crippen LogP contribution is 2.29. The van der Waals surface area contributed by atoms with Gasteiger partial charge in [-0.1, -0.05) is 6.07 Å². The summed E-state index contributed by atoms with van der Waals surface area (Å²) in [6.07, 6.45) is 2.44. The molecule has 9 heteroatoms. The zero-order valence-corrected chi connectivity index (χ0v) is 16.7. The van der Waals surface area contributed by atoms with Gasteiger partial charge in [0.15, 0.2) is 23.1 Å². The maximum Gasteiger partial charge on any atom is 0.387 e. The summed E-state index contributed by atoms with van der Waals surface area (Å²) >= 11 is 0. The van der Waals surface area contributed by atoms with Crippen LogP contribution in [0.1, 0.15) is 17.9 Å². The predicted octanol–water partition coefficient (Wildman–Crippen LogP) is 4.38. The Hall–Kier alpha value is -3.49. The van der Waals surface area contributed by atoms with Gasteiger partial charge < -0.3 is 19.2 Å². The van der Waals surface area contributed by atoms with Gasteiger partial charge in [-0.2, -0.15) is 8.78 Å². The summed E-state index contributed by atoms with van der Waals surface area (Å²) in [5, 5.41) is 2.76. The fourth-order valence-electron chi connectivity index (χ4n) is 2.89. The lowest BCUT2D eigenvalue weighted by Gasteiger charge is -2.11. The maximum absolute atomic E-state index is 13.0. The number of aromatic nitrogens is 1. The highest BCUT2D eigenvalue weighted by molar-refractivity contribution is 5.76. The van der Waals surface area contributed by atoms with Crippen molar-refractivity contribution in [2.45, 2.75) is 25.9 Å². The Morgan fingerprint density at radius 1 is 1.13 bits per heavy atom. The van der Waals surface area contributed by atoms with E-state index in [4.69, 9.17) is 9.15 Å². The van der Waals surface area contributed by atoms with Crippen molar-refractivity contribution in [3.8, 4) is 22.8 Å². The number of rotatable bonds is 10. The SMILES string of the molecule is COc1ccc(CCNC(=O)CCc2ncc(-c3ccc(F)cc3)o2)cc1OC(F)F. The average Bonchev–Trinajstić information content (AvgIpc) is 3.22. The lowest BCUT2D eigenvalue weighted by atomic mass is 10.1. The molecule has 164 valence electrons. The number of methoxy groups -OCH3 is 1. The lowest BCUT2D eigenvalue weighted by Crippen LogP contribution is -2.25. The molecule has 1 heterocycles. The quantitative estimate of drug-likeness (QED) is 0.513. The number of carbonyl (C=O) groups excluding carboxylic acids is 1. The van der Waals surface area contributed by atoms with Gasteiger partial charge in [-0.15, -0.1) is 0 Å². The van der Waals surface area contributed by atoms with Crippen LogP contribution in [0.15, 0.2) is 53.1 Å². The smallest absolute Gasteiger partial charge is 0.387 e. The van der Waals surface area contributed by atoms with E-state index in [0.717, 1.165) is 0 Å². The molecule has 0 aliphatic heterocycles. The van der Waals surface area contributed by atoms with E-state index in [-0.39, 0.29) is 29.6 Å². The first kappa shape index (κ1) is 22.2. The van der Waals surface area contributed by atoms with Crippen molar-refractivity contribution in [3.63, 3.8) is 0 Å². The molecule has 1 N–H and O–H groups in total.